The molecule has 0 saturated carbocycles. The molecule has 1 N–H and O–H groups in total. The lowest BCUT2D eigenvalue weighted by molar-refractivity contribution is 0.241. The van der Waals surface area contributed by atoms with Crippen LogP contribution in [0.15, 0.2) is 35.8 Å². The molecule has 2 aromatic rings. The fourth-order valence-electron chi connectivity index (χ4n) is 1.45. The summed E-state index contributed by atoms with van der Waals surface area (Å²) in [6.45, 7) is 3.87. The van der Waals surface area contributed by atoms with Gasteiger partial charge in [0.05, 0.1) is 24.2 Å². The molecule has 0 fully saturated rings. The van der Waals surface area contributed by atoms with Gasteiger partial charge in [-0.25, -0.2) is 4.98 Å². The van der Waals surface area contributed by atoms with E-state index < -0.39 is 0 Å². The maximum absolute atomic E-state index is 11.6. The van der Waals surface area contributed by atoms with Crippen molar-refractivity contribution >= 4 is 0 Å². The predicted octanol–water partition coefficient (Wildman–Crippen LogP) is 1.62. The van der Waals surface area contributed by atoms with Gasteiger partial charge in [-0.15, -0.1) is 0 Å². The molecule has 0 amide bonds. The third-order valence-corrected chi connectivity index (χ3v) is 2.11. The molecule has 0 aliphatic heterocycles. The highest BCUT2D eigenvalue weighted by Gasteiger charge is 2.05. The normalized spacial score (nSPS) is 10.5. The number of hydrogen-bond donors (Lipinski definition) is 1. The van der Waals surface area contributed by atoms with Crippen molar-refractivity contribution in [3.05, 3.63) is 41.3 Å². The molecule has 0 spiro atoms. The topological polar surface area (TPSA) is 67.9 Å². The third kappa shape index (κ3) is 2.69. The number of pyridine rings is 1. The van der Waals surface area contributed by atoms with Crippen LogP contribution in [-0.4, -0.2) is 21.1 Å². The molecule has 5 nitrogen and oxygen atoms in total. The molecular weight excluding hydrogens is 218 g/mol. The van der Waals surface area contributed by atoms with Crippen molar-refractivity contribution in [3.63, 3.8) is 0 Å². The van der Waals surface area contributed by atoms with E-state index in [1.54, 1.807) is 18.5 Å². The lowest BCUT2D eigenvalue weighted by atomic mass is 10.1. The average molecular weight is 231 g/mol. The largest absolute Gasteiger partial charge is 0.489 e. The fraction of sp³-hybridized carbons (Fsp3) is 0.250. The van der Waals surface area contributed by atoms with Gasteiger partial charge < -0.3 is 9.72 Å². The van der Waals surface area contributed by atoms with E-state index in [2.05, 4.69) is 15.0 Å². The molecule has 2 rings (SSSR count). The van der Waals surface area contributed by atoms with Crippen molar-refractivity contribution in [3.8, 4) is 16.9 Å². The summed E-state index contributed by atoms with van der Waals surface area (Å²) in [5, 5.41) is 0. The highest BCUT2D eigenvalue weighted by atomic mass is 16.5. The average Bonchev–Trinajstić information content (AvgIpc) is 2.29. The zero-order valence-electron chi connectivity index (χ0n) is 9.68. The zero-order chi connectivity index (χ0) is 12.3. The van der Waals surface area contributed by atoms with Crippen LogP contribution in [-0.2, 0) is 0 Å². The number of hydrogen-bond acceptors (Lipinski definition) is 4. The van der Waals surface area contributed by atoms with E-state index in [4.69, 9.17) is 4.74 Å². The number of H-pyrrole nitrogens is 1. The molecule has 0 unspecified atom stereocenters. The van der Waals surface area contributed by atoms with Crippen LogP contribution in [0.1, 0.15) is 13.8 Å². The van der Waals surface area contributed by atoms with Crippen LogP contribution >= 0.6 is 0 Å². The fourth-order valence-corrected chi connectivity index (χ4v) is 1.45. The number of aromatic nitrogens is 3. The SMILES string of the molecule is CC(C)Oc1cncc(-c2cnc[nH]c2=O)c1. The highest BCUT2D eigenvalue weighted by molar-refractivity contribution is 5.61. The van der Waals surface area contributed by atoms with Crippen molar-refractivity contribution < 1.29 is 4.74 Å². The Kier molecular flexibility index (Phi) is 3.18. The van der Waals surface area contributed by atoms with Crippen molar-refractivity contribution in [1.82, 2.24) is 15.0 Å². The lowest BCUT2D eigenvalue weighted by Gasteiger charge is -2.09. The molecule has 0 aromatic carbocycles. The Morgan fingerprint density at radius 2 is 2.06 bits per heavy atom. The molecule has 5 heteroatoms. The second kappa shape index (κ2) is 4.78. The smallest absolute Gasteiger partial charge is 0.258 e. The first-order valence-electron chi connectivity index (χ1n) is 5.31. The van der Waals surface area contributed by atoms with Gasteiger partial charge in [0.15, 0.2) is 0 Å². The van der Waals surface area contributed by atoms with Gasteiger partial charge in [-0.3, -0.25) is 9.78 Å². The Morgan fingerprint density at radius 1 is 1.24 bits per heavy atom. The number of ether oxygens (including phenoxy) is 1. The number of rotatable bonds is 3. The molecule has 2 aromatic heterocycles. The second-order valence-electron chi connectivity index (χ2n) is 3.87. The van der Waals surface area contributed by atoms with Gasteiger partial charge in [0.1, 0.15) is 5.75 Å². The number of nitrogens with zero attached hydrogens (tertiary/aromatic N) is 2. The zero-order valence-corrected chi connectivity index (χ0v) is 9.68. The summed E-state index contributed by atoms with van der Waals surface area (Å²) in [5.41, 5.74) is 0.982. The van der Waals surface area contributed by atoms with Crippen LogP contribution in [0.3, 0.4) is 0 Å². The molecule has 88 valence electrons. The van der Waals surface area contributed by atoms with E-state index >= 15 is 0 Å². The Labute approximate surface area is 98.5 Å². The minimum atomic E-state index is -0.191. The summed E-state index contributed by atoms with van der Waals surface area (Å²) < 4.78 is 5.52. The van der Waals surface area contributed by atoms with Gasteiger partial charge in [-0.2, -0.15) is 0 Å². The molecule has 0 aliphatic carbocycles. The van der Waals surface area contributed by atoms with Gasteiger partial charge in [-0.05, 0) is 19.9 Å². The summed E-state index contributed by atoms with van der Waals surface area (Å²) >= 11 is 0. The summed E-state index contributed by atoms with van der Waals surface area (Å²) in [7, 11) is 0. The first-order valence-corrected chi connectivity index (χ1v) is 5.31. The Hall–Kier alpha value is -2.17. The van der Waals surface area contributed by atoms with Crippen LogP contribution in [0.25, 0.3) is 11.1 Å². The van der Waals surface area contributed by atoms with Gasteiger partial charge in [0.2, 0.25) is 0 Å². The van der Waals surface area contributed by atoms with Gasteiger partial charge in [0, 0.05) is 18.0 Å². The van der Waals surface area contributed by atoms with Crippen LogP contribution in [0.4, 0.5) is 0 Å². The minimum Gasteiger partial charge on any atom is -0.489 e. The lowest BCUT2D eigenvalue weighted by Crippen LogP contribution is -2.09. The molecule has 0 saturated heterocycles. The Bertz CT molecular complexity index is 563. The second-order valence-corrected chi connectivity index (χ2v) is 3.87. The number of aromatic amines is 1. The summed E-state index contributed by atoms with van der Waals surface area (Å²) in [6.07, 6.45) is 6.16. The van der Waals surface area contributed by atoms with E-state index in [0.29, 0.717) is 16.9 Å². The predicted molar refractivity (Wildman–Crippen MR) is 63.9 cm³/mol. The molecule has 17 heavy (non-hydrogen) atoms. The first-order chi connectivity index (χ1) is 8.16. The van der Waals surface area contributed by atoms with Crippen LogP contribution in [0, 0.1) is 0 Å². The summed E-state index contributed by atoms with van der Waals surface area (Å²) in [4.78, 5) is 22.1. The van der Waals surface area contributed by atoms with Crippen molar-refractivity contribution in [2.75, 3.05) is 0 Å². The van der Waals surface area contributed by atoms with Crippen molar-refractivity contribution in [1.29, 1.82) is 0 Å². The van der Waals surface area contributed by atoms with Crippen LogP contribution in [0.2, 0.25) is 0 Å². The Balaban J connectivity index is 2.40. The van der Waals surface area contributed by atoms with Crippen molar-refractivity contribution in [2.45, 2.75) is 20.0 Å². The summed E-state index contributed by atoms with van der Waals surface area (Å²) in [5.74, 6) is 0.640. The van der Waals surface area contributed by atoms with Crippen LogP contribution in [0.5, 0.6) is 5.75 Å². The standard InChI is InChI=1S/C12H13N3O2/c1-8(2)17-10-3-9(4-13-5-10)11-6-14-7-15-12(11)16/h3-8H,1-2H3,(H,14,15,16). The van der Waals surface area contributed by atoms with E-state index in [9.17, 15) is 4.79 Å². The Morgan fingerprint density at radius 3 is 2.76 bits per heavy atom. The molecular formula is C12H13N3O2. The minimum absolute atomic E-state index is 0.0687. The van der Waals surface area contributed by atoms with Gasteiger partial charge in [-0.1, -0.05) is 0 Å². The molecule has 0 aliphatic rings. The van der Waals surface area contributed by atoms with Gasteiger partial charge >= 0.3 is 0 Å². The van der Waals surface area contributed by atoms with E-state index in [0.717, 1.165) is 0 Å². The van der Waals surface area contributed by atoms with E-state index in [1.807, 2.05) is 13.8 Å². The van der Waals surface area contributed by atoms with Gasteiger partial charge in [0.25, 0.3) is 5.56 Å². The first kappa shape index (κ1) is 11.3. The van der Waals surface area contributed by atoms with Crippen LogP contribution < -0.4 is 10.3 Å². The molecule has 0 atom stereocenters. The maximum atomic E-state index is 11.6. The molecule has 0 bridgehead atoms. The third-order valence-electron chi connectivity index (χ3n) is 2.11. The quantitative estimate of drug-likeness (QED) is 0.871. The molecule has 2 heterocycles. The van der Waals surface area contributed by atoms with E-state index in [-0.39, 0.29) is 11.7 Å². The highest BCUT2D eigenvalue weighted by Crippen LogP contribution is 2.19. The van der Waals surface area contributed by atoms with Crippen molar-refractivity contribution in [2.24, 2.45) is 0 Å². The number of nitrogens with one attached hydrogen (secondary N) is 1. The maximum Gasteiger partial charge on any atom is 0.258 e. The molecule has 0 radical (unpaired) electrons. The summed E-state index contributed by atoms with van der Waals surface area (Å²) in [6, 6.07) is 1.78. The monoisotopic (exact) mass is 231 g/mol. The van der Waals surface area contributed by atoms with E-state index in [1.165, 1.54) is 12.5 Å².